The summed E-state index contributed by atoms with van der Waals surface area (Å²) < 4.78 is 14.6. The van der Waals surface area contributed by atoms with Crippen LogP contribution in [0.1, 0.15) is 26.7 Å². The van der Waals surface area contributed by atoms with Crippen molar-refractivity contribution < 1.29 is 23.8 Å². The van der Waals surface area contributed by atoms with Crippen molar-refractivity contribution in [1.82, 2.24) is 5.32 Å². The number of ether oxygens (including phenoxy) is 3. The Morgan fingerprint density at radius 3 is 2.50 bits per heavy atom. The van der Waals surface area contributed by atoms with E-state index in [1.54, 1.807) is 0 Å². The Hall–Kier alpha value is -1.56. The molecule has 104 valence electrons. The zero-order valence-corrected chi connectivity index (χ0v) is 11.0. The molecule has 0 atom stereocenters. The smallest absolute Gasteiger partial charge is 0.409 e. The van der Waals surface area contributed by atoms with Crippen molar-refractivity contribution >= 4 is 12.1 Å². The first-order chi connectivity index (χ1) is 8.57. The molecule has 6 nitrogen and oxygen atoms in total. The van der Waals surface area contributed by atoms with Gasteiger partial charge in [-0.25, -0.2) is 9.59 Å². The lowest BCUT2D eigenvalue weighted by Crippen LogP contribution is -2.29. The fraction of sp³-hybridized carbons (Fsp3) is 0.667. The van der Waals surface area contributed by atoms with Gasteiger partial charge in [0.2, 0.25) is 0 Å². The van der Waals surface area contributed by atoms with E-state index in [-0.39, 0.29) is 18.9 Å². The van der Waals surface area contributed by atoms with Gasteiger partial charge in [-0.3, -0.25) is 5.32 Å². The average Bonchev–Trinajstić information content (AvgIpc) is 2.33. The summed E-state index contributed by atoms with van der Waals surface area (Å²) in [7, 11) is 0. The second-order valence-corrected chi connectivity index (χ2v) is 3.64. The van der Waals surface area contributed by atoms with Crippen molar-refractivity contribution in [3.63, 3.8) is 0 Å². The van der Waals surface area contributed by atoms with Gasteiger partial charge in [-0.1, -0.05) is 19.9 Å². The van der Waals surface area contributed by atoms with Crippen LogP contribution < -0.4 is 5.32 Å². The molecule has 1 amide bonds. The van der Waals surface area contributed by atoms with Gasteiger partial charge in [-0.2, -0.15) is 0 Å². The van der Waals surface area contributed by atoms with Gasteiger partial charge >= 0.3 is 12.1 Å². The predicted octanol–water partition coefficient (Wildman–Crippen LogP) is 1.61. The molecule has 0 aromatic heterocycles. The van der Waals surface area contributed by atoms with Crippen LogP contribution in [0.15, 0.2) is 12.2 Å². The number of alkyl carbamates (subject to hydrolysis) is 1. The first-order valence-electron chi connectivity index (χ1n) is 5.89. The summed E-state index contributed by atoms with van der Waals surface area (Å²) in [5.41, 5.74) is 0.273. The van der Waals surface area contributed by atoms with Gasteiger partial charge in [0, 0.05) is 12.2 Å². The SMILES string of the molecule is C=C(C)C(=O)OCNC(=O)OCCOCCCC. The number of carbonyl (C=O) groups is 2. The van der Waals surface area contributed by atoms with E-state index in [2.05, 4.69) is 23.6 Å². The van der Waals surface area contributed by atoms with Gasteiger partial charge in [-0.05, 0) is 13.3 Å². The molecule has 0 rings (SSSR count). The third-order valence-corrected chi connectivity index (χ3v) is 1.87. The van der Waals surface area contributed by atoms with Crippen LogP contribution in [0.5, 0.6) is 0 Å². The lowest BCUT2D eigenvalue weighted by atomic mass is 10.4. The largest absolute Gasteiger partial charge is 0.447 e. The maximum absolute atomic E-state index is 11.1. The minimum atomic E-state index is -0.649. The topological polar surface area (TPSA) is 73.9 Å². The summed E-state index contributed by atoms with van der Waals surface area (Å²) in [6.45, 7) is 7.95. The first-order valence-corrected chi connectivity index (χ1v) is 5.89. The minimum Gasteiger partial charge on any atom is -0.447 e. The zero-order chi connectivity index (χ0) is 13.8. The van der Waals surface area contributed by atoms with E-state index in [9.17, 15) is 9.59 Å². The van der Waals surface area contributed by atoms with Crippen LogP contribution >= 0.6 is 0 Å². The van der Waals surface area contributed by atoms with Crippen molar-refractivity contribution in [3.8, 4) is 0 Å². The Bertz CT molecular complexity index is 278. The summed E-state index contributed by atoms with van der Waals surface area (Å²) in [6.07, 6.45) is 1.40. The maximum atomic E-state index is 11.1. The van der Waals surface area contributed by atoms with E-state index in [4.69, 9.17) is 9.47 Å². The number of hydrogen-bond acceptors (Lipinski definition) is 5. The average molecular weight is 259 g/mol. The normalized spacial score (nSPS) is 9.67. The van der Waals surface area contributed by atoms with Gasteiger partial charge in [0.25, 0.3) is 0 Å². The van der Waals surface area contributed by atoms with Crippen LogP contribution in [0.4, 0.5) is 4.79 Å². The van der Waals surface area contributed by atoms with Gasteiger partial charge in [0.05, 0.1) is 6.61 Å². The summed E-state index contributed by atoms with van der Waals surface area (Å²) >= 11 is 0. The van der Waals surface area contributed by atoms with Crippen LogP contribution in [0.25, 0.3) is 0 Å². The molecule has 0 heterocycles. The summed E-state index contributed by atoms with van der Waals surface area (Å²) in [5.74, 6) is -0.557. The quantitative estimate of drug-likeness (QED) is 0.295. The number of rotatable bonds is 9. The summed E-state index contributed by atoms with van der Waals surface area (Å²) in [5, 5.41) is 2.27. The molecule has 0 saturated carbocycles. The van der Waals surface area contributed by atoms with Crippen LogP contribution in [-0.4, -0.2) is 38.6 Å². The van der Waals surface area contributed by atoms with Gasteiger partial charge in [0.15, 0.2) is 6.73 Å². The van der Waals surface area contributed by atoms with Crippen LogP contribution in [0, 0.1) is 0 Å². The lowest BCUT2D eigenvalue weighted by Gasteiger charge is -2.08. The second kappa shape index (κ2) is 10.6. The molecule has 1 N–H and O–H groups in total. The third-order valence-electron chi connectivity index (χ3n) is 1.87. The first kappa shape index (κ1) is 16.4. The molecular formula is C12H21NO5. The molecule has 0 unspecified atom stereocenters. The van der Waals surface area contributed by atoms with Crippen molar-refractivity contribution in [2.75, 3.05) is 26.6 Å². The number of esters is 1. The number of amides is 1. The van der Waals surface area contributed by atoms with Crippen molar-refractivity contribution in [2.45, 2.75) is 26.7 Å². The van der Waals surface area contributed by atoms with Gasteiger partial charge in [0.1, 0.15) is 6.61 Å². The Morgan fingerprint density at radius 2 is 1.89 bits per heavy atom. The molecule has 0 spiro atoms. The number of carbonyl (C=O) groups excluding carboxylic acids is 2. The fourth-order valence-electron chi connectivity index (χ4n) is 0.877. The highest BCUT2D eigenvalue weighted by Gasteiger charge is 2.05. The summed E-state index contributed by atoms with van der Waals surface area (Å²) in [6, 6.07) is 0. The third kappa shape index (κ3) is 9.65. The Labute approximate surface area is 107 Å². The van der Waals surface area contributed by atoms with Crippen molar-refractivity contribution in [3.05, 3.63) is 12.2 Å². The van der Waals surface area contributed by atoms with E-state index in [1.807, 2.05) is 0 Å². The van der Waals surface area contributed by atoms with Crippen molar-refractivity contribution in [1.29, 1.82) is 0 Å². The number of hydrogen-bond donors (Lipinski definition) is 1. The van der Waals surface area contributed by atoms with Crippen LogP contribution in [0.3, 0.4) is 0 Å². The number of nitrogens with one attached hydrogen (secondary N) is 1. The van der Waals surface area contributed by atoms with Gasteiger partial charge < -0.3 is 14.2 Å². The summed E-state index contributed by atoms with van der Waals surface area (Å²) in [4.78, 5) is 22.0. The Morgan fingerprint density at radius 1 is 1.17 bits per heavy atom. The highest BCUT2D eigenvalue weighted by molar-refractivity contribution is 5.87. The zero-order valence-electron chi connectivity index (χ0n) is 11.0. The highest BCUT2D eigenvalue weighted by atomic mass is 16.6. The second-order valence-electron chi connectivity index (χ2n) is 3.64. The maximum Gasteiger partial charge on any atom is 0.409 e. The van der Waals surface area contributed by atoms with E-state index >= 15 is 0 Å². The number of unbranched alkanes of at least 4 members (excludes halogenated alkanes) is 1. The molecule has 6 heteroatoms. The monoisotopic (exact) mass is 259 g/mol. The highest BCUT2D eigenvalue weighted by Crippen LogP contribution is 1.91. The minimum absolute atomic E-state index is 0.171. The van der Waals surface area contributed by atoms with Gasteiger partial charge in [-0.15, -0.1) is 0 Å². The molecule has 0 fully saturated rings. The van der Waals surface area contributed by atoms with E-state index in [0.717, 1.165) is 12.8 Å². The Balaban J connectivity index is 3.38. The molecule has 0 radical (unpaired) electrons. The van der Waals surface area contributed by atoms with Crippen LogP contribution in [0.2, 0.25) is 0 Å². The Kier molecular flexibility index (Phi) is 9.67. The molecule has 0 saturated heterocycles. The molecular weight excluding hydrogens is 238 g/mol. The fourth-order valence-corrected chi connectivity index (χ4v) is 0.877. The molecule has 0 aliphatic rings. The molecule has 0 aromatic rings. The predicted molar refractivity (Wildman–Crippen MR) is 66.0 cm³/mol. The van der Waals surface area contributed by atoms with Crippen LogP contribution in [-0.2, 0) is 19.0 Å². The van der Waals surface area contributed by atoms with Crippen molar-refractivity contribution in [2.24, 2.45) is 0 Å². The molecule has 18 heavy (non-hydrogen) atoms. The molecule has 0 aliphatic carbocycles. The van der Waals surface area contributed by atoms with E-state index in [1.165, 1.54) is 6.92 Å². The molecule has 0 aromatic carbocycles. The molecule has 0 bridgehead atoms. The van der Waals surface area contributed by atoms with E-state index in [0.29, 0.717) is 13.2 Å². The standard InChI is InChI=1S/C12H21NO5/c1-4-5-6-16-7-8-17-12(15)13-9-18-11(14)10(2)3/h2,4-9H2,1,3H3,(H,13,15). The van der Waals surface area contributed by atoms with E-state index < -0.39 is 12.1 Å². The lowest BCUT2D eigenvalue weighted by molar-refractivity contribution is -0.139. The molecule has 0 aliphatic heterocycles.